The molecule has 1 saturated heterocycles. The van der Waals surface area contributed by atoms with Crippen molar-refractivity contribution in [2.24, 2.45) is 11.5 Å². The van der Waals surface area contributed by atoms with Crippen LogP contribution in [0.15, 0.2) is 59.2 Å². The van der Waals surface area contributed by atoms with Gasteiger partial charge in [-0.2, -0.15) is 0 Å². The molecular formula is C20H23N5O4. The van der Waals surface area contributed by atoms with Crippen molar-refractivity contribution in [3.05, 3.63) is 60.4 Å². The Bertz CT molecular complexity index is 919. The number of nitrogens with two attached hydrogens (primary N) is 2. The van der Waals surface area contributed by atoms with Gasteiger partial charge in [0.05, 0.1) is 36.0 Å². The minimum absolute atomic E-state index is 0.257. The van der Waals surface area contributed by atoms with Crippen molar-refractivity contribution < 1.29 is 18.7 Å². The Hall–Kier alpha value is -3.46. The molecule has 0 radical (unpaired) electrons. The summed E-state index contributed by atoms with van der Waals surface area (Å²) < 4.78 is 11.0. The SMILES string of the molecule is NC(=O)CN1CCN(c2ccccc2N2C(C(N)=O)=COC2c2ccoc2)CC1. The Labute approximate surface area is 168 Å². The highest BCUT2D eigenvalue weighted by atomic mass is 16.5. The van der Waals surface area contributed by atoms with Gasteiger partial charge in [0.2, 0.25) is 12.1 Å². The van der Waals surface area contributed by atoms with Gasteiger partial charge in [0, 0.05) is 26.2 Å². The molecule has 4 rings (SSSR count). The lowest BCUT2D eigenvalue weighted by Crippen LogP contribution is -2.49. The third-order valence-electron chi connectivity index (χ3n) is 5.12. The molecule has 2 aliphatic rings. The number of nitrogens with zero attached hydrogens (tertiary/aromatic N) is 3. The van der Waals surface area contributed by atoms with E-state index in [1.54, 1.807) is 23.5 Å². The minimum atomic E-state index is -0.572. The zero-order chi connectivity index (χ0) is 20.4. The van der Waals surface area contributed by atoms with E-state index in [4.69, 9.17) is 20.6 Å². The van der Waals surface area contributed by atoms with Crippen molar-refractivity contribution in [3.8, 4) is 0 Å². The van der Waals surface area contributed by atoms with Gasteiger partial charge < -0.3 is 25.5 Å². The molecular weight excluding hydrogens is 374 g/mol. The first-order valence-corrected chi connectivity index (χ1v) is 9.36. The van der Waals surface area contributed by atoms with Crippen molar-refractivity contribution in [2.45, 2.75) is 6.23 Å². The van der Waals surface area contributed by atoms with Crippen LogP contribution in [0.1, 0.15) is 11.8 Å². The molecule has 0 aliphatic carbocycles. The van der Waals surface area contributed by atoms with Gasteiger partial charge in [-0.1, -0.05) is 12.1 Å². The molecule has 2 aliphatic heterocycles. The fourth-order valence-electron chi connectivity index (χ4n) is 3.75. The van der Waals surface area contributed by atoms with Gasteiger partial charge in [-0.3, -0.25) is 19.4 Å². The molecule has 1 atom stereocenters. The Morgan fingerprint density at radius 3 is 2.38 bits per heavy atom. The van der Waals surface area contributed by atoms with E-state index >= 15 is 0 Å². The third-order valence-corrected chi connectivity index (χ3v) is 5.12. The molecule has 1 aromatic heterocycles. The summed E-state index contributed by atoms with van der Waals surface area (Å²) in [5.41, 5.74) is 13.7. The molecule has 2 amide bonds. The van der Waals surface area contributed by atoms with Crippen molar-refractivity contribution >= 4 is 23.2 Å². The lowest BCUT2D eigenvalue weighted by molar-refractivity contribution is -0.119. The van der Waals surface area contributed by atoms with Crippen molar-refractivity contribution in [1.82, 2.24) is 4.90 Å². The van der Waals surface area contributed by atoms with Gasteiger partial charge in [-0.25, -0.2) is 0 Å². The molecule has 0 bridgehead atoms. The van der Waals surface area contributed by atoms with Crippen LogP contribution >= 0.6 is 0 Å². The number of rotatable bonds is 6. The van der Waals surface area contributed by atoms with Crippen LogP contribution in [-0.2, 0) is 14.3 Å². The summed E-state index contributed by atoms with van der Waals surface area (Å²) in [6.45, 7) is 3.15. The van der Waals surface area contributed by atoms with E-state index in [1.807, 2.05) is 29.2 Å². The third kappa shape index (κ3) is 3.77. The molecule has 1 unspecified atom stereocenters. The second-order valence-electron chi connectivity index (χ2n) is 7.00. The summed E-state index contributed by atoms with van der Waals surface area (Å²) in [4.78, 5) is 29.3. The quantitative estimate of drug-likeness (QED) is 0.738. The Balaban J connectivity index is 1.64. The lowest BCUT2D eigenvalue weighted by atomic mass is 10.1. The molecule has 9 nitrogen and oxygen atoms in total. The standard InChI is InChI=1S/C20H23N5O4/c21-18(26)11-23-6-8-24(9-7-23)15-3-1-2-4-16(15)25-17(19(22)27)13-29-20(25)14-5-10-28-12-14/h1-5,10,12-13,20H,6-9,11H2,(H2,21,26)(H2,22,27). The van der Waals surface area contributed by atoms with Crippen molar-refractivity contribution in [3.63, 3.8) is 0 Å². The van der Waals surface area contributed by atoms with E-state index in [0.717, 1.165) is 43.1 Å². The van der Waals surface area contributed by atoms with Crippen LogP contribution in [0.3, 0.4) is 0 Å². The van der Waals surface area contributed by atoms with Crippen molar-refractivity contribution in [2.75, 3.05) is 42.5 Å². The number of hydrogen-bond acceptors (Lipinski definition) is 7. The molecule has 3 heterocycles. The van der Waals surface area contributed by atoms with Gasteiger partial charge in [0.25, 0.3) is 5.91 Å². The van der Waals surface area contributed by atoms with Crippen LogP contribution in [0.5, 0.6) is 0 Å². The molecule has 29 heavy (non-hydrogen) atoms. The molecule has 1 aromatic carbocycles. The predicted octanol–water partition coefficient (Wildman–Crippen LogP) is 0.749. The summed E-state index contributed by atoms with van der Waals surface area (Å²) in [6.07, 6.45) is 3.99. The normalized spacial score (nSPS) is 19.7. The first kappa shape index (κ1) is 18.9. The van der Waals surface area contributed by atoms with E-state index in [-0.39, 0.29) is 18.1 Å². The summed E-state index contributed by atoms with van der Waals surface area (Å²) >= 11 is 0. The van der Waals surface area contributed by atoms with Crippen LogP contribution < -0.4 is 21.3 Å². The smallest absolute Gasteiger partial charge is 0.268 e. The number of primary amides is 2. The summed E-state index contributed by atoms with van der Waals surface area (Å²) in [7, 11) is 0. The molecule has 0 saturated carbocycles. The minimum Gasteiger partial charge on any atom is -0.472 e. The average Bonchev–Trinajstić information content (AvgIpc) is 3.38. The van der Waals surface area contributed by atoms with E-state index in [0.29, 0.717) is 0 Å². The maximum atomic E-state index is 12.1. The second kappa shape index (κ2) is 7.88. The van der Waals surface area contributed by atoms with E-state index in [2.05, 4.69) is 4.90 Å². The van der Waals surface area contributed by atoms with Gasteiger partial charge in [-0.05, 0) is 18.2 Å². The maximum absolute atomic E-state index is 12.1. The number of carbonyl (C=O) groups excluding carboxylic acids is 2. The first-order valence-electron chi connectivity index (χ1n) is 9.36. The number of para-hydroxylation sites is 2. The Kier molecular flexibility index (Phi) is 5.13. The van der Waals surface area contributed by atoms with Crippen LogP contribution in [0, 0.1) is 0 Å². The van der Waals surface area contributed by atoms with Gasteiger partial charge in [0.1, 0.15) is 12.0 Å². The summed E-state index contributed by atoms with van der Waals surface area (Å²) in [5.74, 6) is -0.899. The number of hydrogen-bond donors (Lipinski definition) is 2. The lowest BCUT2D eigenvalue weighted by Gasteiger charge is -2.38. The first-order chi connectivity index (χ1) is 14.0. The zero-order valence-corrected chi connectivity index (χ0v) is 15.9. The fourth-order valence-corrected chi connectivity index (χ4v) is 3.75. The van der Waals surface area contributed by atoms with E-state index in [9.17, 15) is 9.59 Å². The maximum Gasteiger partial charge on any atom is 0.268 e. The highest BCUT2D eigenvalue weighted by Gasteiger charge is 2.36. The monoisotopic (exact) mass is 397 g/mol. The van der Waals surface area contributed by atoms with Crippen LogP contribution in [0.25, 0.3) is 0 Å². The van der Waals surface area contributed by atoms with E-state index < -0.39 is 12.1 Å². The Morgan fingerprint density at radius 1 is 1.03 bits per heavy atom. The average molecular weight is 397 g/mol. The van der Waals surface area contributed by atoms with Gasteiger partial charge in [0.15, 0.2) is 0 Å². The highest BCUT2D eigenvalue weighted by molar-refractivity contribution is 5.97. The molecule has 152 valence electrons. The van der Waals surface area contributed by atoms with Crippen molar-refractivity contribution in [1.29, 1.82) is 0 Å². The fraction of sp³-hybridized carbons (Fsp3) is 0.300. The molecule has 4 N–H and O–H groups in total. The highest BCUT2D eigenvalue weighted by Crippen LogP contribution is 2.41. The number of amides is 2. The molecule has 2 aromatic rings. The Morgan fingerprint density at radius 2 is 1.76 bits per heavy atom. The molecule has 0 spiro atoms. The van der Waals surface area contributed by atoms with E-state index in [1.165, 1.54) is 6.26 Å². The topological polar surface area (TPSA) is 118 Å². The number of furan rings is 1. The summed E-state index contributed by atoms with van der Waals surface area (Å²) in [5, 5.41) is 0. The molecule has 1 fully saturated rings. The predicted molar refractivity (Wildman–Crippen MR) is 107 cm³/mol. The zero-order valence-electron chi connectivity index (χ0n) is 15.9. The largest absolute Gasteiger partial charge is 0.472 e. The number of carbonyl (C=O) groups is 2. The van der Waals surface area contributed by atoms with Gasteiger partial charge in [-0.15, -0.1) is 0 Å². The second-order valence-corrected chi connectivity index (χ2v) is 7.00. The summed E-state index contributed by atoms with van der Waals surface area (Å²) in [6, 6.07) is 9.59. The van der Waals surface area contributed by atoms with Crippen LogP contribution in [0.4, 0.5) is 11.4 Å². The van der Waals surface area contributed by atoms with Gasteiger partial charge >= 0.3 is 0 Å². The van der Waals surface area contributed by atoms with Crippen LogP contribution in [0.2, 0.25) is 0 Å². The van der Waals surface area contributed by atoms with Crippen LogP contribution in [-0.4, -0.2) is 49.4 Å². The number of ether oxygens (including phenoxy) is 1. The number of piperazine rings is 1. The number of anilines is 2. The molecule has 9 heteroatoms. The number of benzene rings is 1.